The molecule has 1 amide bonds. The van der Waals surface area contributed by atoms with Crippen molar-refractivity contribution >= 4 is 56.6 Å². The highest BCUT2D eigenvalue weighted by Crippen LogP contribution is 2.27. The van der Waals surface area contributed by atoms with Gasteiger partial charge in [0.25, 0.3) is 5.91 Å². The van der Waals surface area contributed by atoms with Crippen LogP contribution in [0.4, 0.5) is 5.69 Å². The minimum Gasteiger partial charge on any atom is -0.322 e. The Labute approximate surface area is 188 Å². The Morgan fingerprint density at radius 2 is 1.65 bits per heavy atom. The average molecular weight is 447 g/mol. The molecular formula is C24H16Cl2N4O. The number of aryl methyl sites for hydroxylation is 1. The van der Waals surface area contributed by atoms with Gasteiger partial charge >= 0.3 is 0 Å². The first kappa shape index (κ1) is 19.5. The number of aromatic nitrogens is 3. The fourth-order valence-corrected chi connectivity index (χ4v) is 3.93. The lowest BCUT2D eigenvalue weighted by molar-refractivity contribution is 0.102. The molecule has 1 aromatic heterocycles. The number of fused-ring (bicyclic) bond motifs is 2. The van der Waals surface area contributed by atoms with E-state index in [-0.39, 0.29) is 5.91 Å². The zero-order chi connectivity index (χ0) is 21.5. The molecule has 0 aliphatic heterocycles. The van der Waals surface area contributed by atoms with Crippen molar-refractivity contribution in [1.82, 2.24) is 15.0 Å². The molecule has 0 aliphatic rings. The van der Waals surface area contributed by atoms with Crippen molar-refractivity contribution in [3.63, 3.8) is 0 Å². The van der Waals surface area contributed by atoms with Gasteiger partial charge in [-0.05, 0) is 54.3 Å². The van der Waals surface area contributed by atoms with Gasteiger partial charge in [0.1, 0.15) is 11.0 Å². The Morgan fingerprint density at radius 3 is 2.48 bits per heavy atom. The molecule has 5 rings (SSSR count). The Kier molecular flexibility index (Phi) is 4.85. The number of nitrogens with one attached hydrogen (secondary N) is 1. The molecule has 0 bridgehead atoms. The number of halogens is 2. The van der Waals surface area contributed by atoms with Crippen molar-refractivity contribution in [1.29, 1.82) is 0 Å². The van der Waals surface area contributed by atoms with E-state index in [2.05, 4.69) is 27.6 Å². The highest BCUT2D eigenvalue weighted by molar-refractivity contribution is 6.36. The highest BCUT2D eigenvalue weighted by Gasteiger charge is 2.15. The fourth-order valence-electron chi connectivity index (χ4n) is 3.55. The number of nitrogens with zero attached hydrogens (tertiary/aromatic N) is 3. The molecule has 0 saturated heterocycles. The summed E-state index contributed by atoms with van der Waals surface area (Å²) in [5, 5.41) is 15.2. The molecule has 0 spiro atoms. The van der Waals surface area contributed by atoms with Crippen molar-refractivity contribution in [2.75, 3.05) is 5.32 Å². The molecule has 5 nitrogen and oxygen atoms in total. The minimum absolute atomic E-state index is 0.313. The van der Waals surface area contributed by atoms with Gasteiger partial charge < -0.3 is 5.32 Å². The lowest BCUT2D eigenvalue weighted by Gasteiger charge is -2.09. The van der Waals surface area contributed by atoms with Gasteiger partial charge in [-0.3, -0.25) is 4.79 Å². The number of rotatable bonds is 3. The van der Waals surface area contributed by atoms with Gasteiger partial charge in [0, 0.05) is 16.1 Å². The van der Waals surface area contributed by atoms with Crippen molar-refractivity contribution in [3.8, 4) is 5.69 Å². The number of hydrogen-bond acceptors (Lipinski definition) is 3. The third kappa shape index (κ3) is 3.63. The van der Waals surface area contributed by atoms with E-state index in [0.29, 0.717) is 26.8 Å². The molecule has 152 valence electrons. The van der Waals surface area contributed by atoms with E-state index < -0.39 is 0 Å². The maximum Gasteiger partial charge on any atom is 0.257 e. The van der Waals surface area contributed by atoms with E-state index in [1.54, 1.807) is 23.0 Å². The maximum atomic E-state index is 12.8. The van der Waals surface area contributed by atoms with Crippen LogP contribution in [0.3, 0.4) is 0 Å². The Morgan fingerprint density at radius 1 is 0.903 bits per heavy atom. The van der Waals surface area contributed by atoms with Gasteiger partial charge in [-0.15, -0.1) is 15.0 Å². The predicted molar refractivity (Wildman–Crippen MR) is 126 cm³/mol. The first-order valence-corrected chi connectivity index (χ1v) is 10.4. The van der Waals surface area contributed by atoms with E-state index in [1.165, 1.54) is 0 Å². The van der Waals surface area contributed by atoms with Crippen molar-refractivity contribution < 1.29 is 4.79 Å². The lowest BCUT2D eigenvalue weighted by atomic mass is 10.1. The molecule has 1 N–H and O–H groups in total. The number of amides is 1. The summed E-state index contributed by atoms with van der Waals surface area (Å²) in [6.45, 7) is 1.91. The molecule has 0 saturated carbocycles. The molecular weight excluding hydrogens is 431 g/mol. The number of carbonyl (C=O) groups is 1. The summed E-state index contributed by atoms with van der Waals surface area (Å²) in [7, 11) is 0. The number of anilines is 1. The number of hydrogen-bond donors (Lipinski definition) is 1. The maximum absolute atomic E-state index is 12.8. The van der Waals surface area contributed by atoms with E-state index >= 15 is 0 Å². The molecule has 0 atom stereocenters. The summed E-state index contributed by atoms with van der Waals surface area (Å²) in [5.41, 5.74) is 4.12. The molecule has 0 radical (unpaired) electrons. The van der Waals surface area contributed by atoms with Crippen LogP contribution >= 0.6 is 23.2 Å². The van der Waals surface area contributed by atoms with Crippen molar-refractivity contribution in [3.05, 3.63) is 94.0 Å². The average Bonchev–Trinajstić information content (AvgIpc) is 3.17. The van der Waals surface area contributed by atoms with Gasteiger partial charge in [0.15, 0.2) is 0 Å². The van der Waals surface area contributed by atoms with Gasteiger partial charge in [0.2, 0.25) is 0 Å². The van der Waals surface area contributed by atoms with Gasteiger partial charge in [-0.1, -0.05) is 59.6 Å². The van der Waals surface area contributed by atoms with E-state index in [1.807, 2.05) is 49.4 Å². The molecule has 5 aromatic rings. The molecule has 0 fully saturated rings. The molecule has 0 aliphatic carbocycles. The van der Waals surface area contributed by atoms with Crippen LogP contribution in [0.2, 0.25) is 10.0 Å². The van der Waals surface area contributed by atoms with Crippen LogP contribution in [-0.2, 0) is 0 Å². The van der Waals surface area contributed by atoms with E-state index in [4.69, 9.17) is 23.2 Å². The largest absolute Gasteiger partial charge is 0.322 e. The van der Waals surface area contributed by atoms with Crippen LogP contribution in [0.5, 0.6) is 0 Å². The second kappa shape index (κ2) is 7.69. The van der Waals surface area contributed by atoms with Gasteiger partial charge in [0.05, 0.1) is 16.3 Å². The summed E-state index contributed by atoms with van der Waals surface area (Å²) in [6.07, 6.45) is 0. The molecule has 31 heavy (non-hydrogen) atoms. The molecule has 1 heterocycles. The van der Waals surface area contributed by atoms with Crippen LogP contribution in [0.25, 0.3) is 27.5 Å². The second-order valence-electron chi connectivity index (χ2n) is 7.22. The highest BCUT2D eigenvalue weighted by atomic mass is 35.5. The second-order valence-corrected chi connectivity index (χ2v) is 8.07. The summed E-state index contributed by atoms with van der Waals surface area (Å²) in [6, 6.07) is 22.6. The summed E-state index contributed by atoms with van der Waals surface area (Å²) >= 11 is 12.2. The van der Waals surface area contributed by atoms with E-state index in [9.17, 15) is 4.79 Å². The fraction of sp³-hybridized carbons (Fsp3) is 0.0417. The van der Waals surface area contributed by atoms with Crippen molar-refractivity contribution in [2.24, 2.45) is 0 Å². The third-order valence-electron chi connectivity index (χ3n) is 5.13. The summed E-state index contributed by atoms with van der Waals surface area (Å²) in [4.78, 5) is 14.4. The molecule has 4 aromatic carbocycles. The zero-order valence-corrected chi connectivity index (χ0v) is 17.9. The van der Waals surface area contributed by atoms with Gasteiger partial charge in [-0.2, -0.15) is 0 Å². The Hall–Kier alpha value is -3.41. The quantitative estimate of drug-likeness (QED) is 0.346. The van der Waals surface area contributed by atoms with Crippen LogP contribution in [-0.4, -0.2) is 20.9 Å². The molecule has 7 heteroatoms. The monoisotopic (exact) mass is 446 g/mol. The lowest BCUT2D eigenvalue weighted by Crippen LogP contribution is -2.13. The molecule has 0 unspecified atom stereocenters. The van der Waals surface area contributed by atoms with Crippen molar-refractivity contribution in [2.45, 2.75) is 6.92 Å². The predicted octanol–water partition coefficient (Wildman–Crippen LogP) is 6.44. The first-order valence-electron chi connectivity index (χ1n) is 9.62. The zero-order valence-electron chi connectivity index (χ0n) is 16.4. The summed E-state index contributed by atoms with van der Waals surface area (Å²) < 4.78 is 0. The Balaban J connectivity index is 1.54. The van der Waals surface area contributed by atoms with Crippen LogP contribution < -0.4 is 5.32 Å². The smallest absolute Gasteiger partial charge is 0.257 e. The standard InChI is InChI=1S/C24H16Cl2N4O/c1-14-11-21-22(13-20(14)27-24(31)18-12-16(25)9-10-19(18)26)29-30(28-21)23-8-4-6-15-5-2-3-7-17(15)23/h2-13H,1H3,(H,27,31). The van der Waals surface area contributed by atoms with E-state index in [0.717, 1.165) is 27.5 Å². The Bertz CT molecular complexity index is 1470. The topological polar surface area (TPSA) is 59.8 Å². The normalized spacial score (nSPS) is 11.2. The number of carbonyl (C=O) groups excluding carboxylic acids is 1. The van der Waals surface area contributed by atoms with Crippen LogP contribution in [0.1, 0.15) is 15.9 Å². The first-order chi connectivity index (χ1) is 15.0. The van der Waals surface area contributed by atoms with Crippen LogP contribution in [0.15, 0.2) is 72.8 Å². The minimum atomic E-state index is -0.337. The SMILES string of the molecule is Cc1cc2nn(-c3cccc4ccccc34)nc2cc1NC(=O)c1cc(Cl)ccc1Cl. The third-order valence-corrected chi connectivity index (χ3v) is 5.69. The van der Waals surface area contributed by atoms with Crippen LogP contribution in [0, 0.1) is 6.92 Å². The summed E-state index contributed by atoms with van der Waals surface area (Å²) in [5.74, 6) is -0.337. The number of benzene rings is 4. The van der Waals surface area contributed by atoms with Gasteiger partial charge in [-0.25, -0.2) is 0 Å².